The SMILES string of the molecule is COc1ccc(C(=O)Nc2c(Cl)cc(Cl)c3cccnc23)c(Cl)c1. The standard InChI is InChI=1S/C17H11Cl3N2O2/c1-24-9-4-5-11(12(18)7-9)17(23)22-16-14(20)8-13(19)10-3-2-6-21-15(10)16/h2-8H,1H3,(H,22,23). The summed E-state index contributed by atoms with van der Waals surface area (Å²) in [6.45, 7) is 0. The maximum absolute atomic E-state index is 12.6. The molecule has 0 fully saturated rings. The summed E-state index contributed by atoms with van der Waals surface area (Å²) in [7, 11) is 1.52. The van der Waals surface area contributed by atoms with Crippen molar-refractivity contribution in [2.75, 3.05) is 12.4 Å². The van der Waals surface area contributed by atoms with Crippen LogP contribution in [0.25, 0.3) is 10.9 Å². The molecule has 0 atom stereocenters. The lowest BCUT2D eigenvalue weighted by molar-refractivity contribution is 0.102. The van der Waals surface area contributed by atoms with E-state index in [1.54, 1.807) is 42.6 Å². The minimum atomic E-state index is -0.404. The van der Waals surface area contributed by atoms with E-state index in [0.29, 0.717) is 37.9 Å². The van der Waals surface area contributed by atoms with Crippen LogP contribution in [0.2, 0.25) is 15.1 Å². The fourth-order valence-corrected chi connectivity index (χ4v) is 3.10. The molecule has 0 aliphatic rings. The predicted molar refractivity (Wildman–Crippen MR) is 97.7 cm³/mol. The van der Waals surface area contributed by atoms with Crippen molar-refractivity contribution in [3.63, 3.8) is 0 Å². The van der Waals surface area contributed by atoms with Crippen molar-refractivity contribution in [3.05, 3.63) is 63.2 Å². The second kappa shape index (κ2) is 6.85. The smallest absolute Gasteiger partial charge is 0.257 e. The summed E-state index contributed by atoms with van der Waals surface area (Å²) >= 11 is 18.6. The molecule has 7 heteroatoms. The first-order chi connectivity index (χ1) is 11.5. The van der Waals surface area contributed by atoms with Crippen LogP contribution in [0, 0.1) is 0 Å². The van der Waals surface area contributed by atoms with E-state index in [1.165, 1.54) is 7.11 Å². The predicted octanol–water partition coefficient (Wildman–Crippen LogP) is 5.46. The van der Waals surface area contributed by atoms with Crippen LogP contribution in [0.4, 0.5) is 5.69 Å². The zero-order chi connectivity index (χ0) is 17.3. The Morgan fingerprint density at radius 3 is 2.58 bits per heavy atom. The molecule has 1 amide bonds. The molecule has 4 nitrogen and oxygen atoms in total. The number of aromatic nitrogens is 1. The van der Waals surface area contributed by atoms with Crippen LogP contribution in [-0.2, 0) is 0 Å². The number of hydrogen-bond acceptors (Lipinski definition) is 3. The van der Waals surface area contributed by atoms with Gasteiger partial charge in [-0.15, -0.1) is 0 Å². The first-order valence-corrected chi connectivity index (χ1v) is 8.02. The van der Waals surface area contributed by atoms with Gasteiger partial charge in [0.25, 0.3) is 5.91 Å². The summed E-state index contributed by atoms with van der Waals surface area (Å²) in [4.78, 5) is 16.8. The van der Waals surface area contributed by atoms with Crippen LogP contribution in [-0.4, -0.2) is 18.0 Å². The van der Waals surface area contributed by atoms with E-state index in [0.717, 1.165) is 0 Å². The number of nitrogens with zero attached hydrogens (tertiary/aromatic N) is 1. The van der Waals surface area contributed by atoms with Crippen LogP contribution >= 0.6 is 34.8 Å². The first kappa shape index (κ1) is 16.8. The van der Waals surface area contributed by atoms with E-state index in [1.807, 2.05) is 0 Å². The third-order valence-electron chi connectivity index (χ3n) is 3.45. The molecule has 0 aliphatic carbocycles. The largest absolute Gasteiger partial charge is 0.497 e. The molecule has 3 aromatic rings. The average molecular weight is 382 g/mol. The van der Waals surface area contributed by atoms with Gasteiger partial charge in [-0.25, -0.2) is 0 Å². The summed E-state index contributed by atoms with van der Waals surface area (Å²) < 4.78 is 5.08. The molecule has 0 unspecified atom stereocenters. The third kappa shape index (κ3) is 3.13. The molecule has 0 aliphatic heterocycles. The van der Waals surface area contributed by atoms with Gasteiger partial charge in [0.05, 0.1) is 38.9 Å². The topological polar surface area (TPSA) is 51.2 Å². The number of carbonyl (C=O) groups excluding carboxylic acids is 1. The molecule has 122 valence electrons. The van der Waals surface area contributed by atoms with Crippen molar-refractivity contribution in [3.8, 4) is 5.75 Å². The van der Waals surface area contributed by atoms with Gasteiger partial charge in [-0.1, -0.05) is 34.8 Å². The summed E-state index contributed by atoms with van der Waals surface area (Å²) in [5.41, 5.74) is 1.19. The number of anilines is 1. The quantitative estimate of drug-likeness (QED) is 0.656. The maximum Gasteiger partial charge on any atom is 0.257 e. The lowest BCUT2D eigenvalue weighted by atomic mass is 10.1. The van der Waals surface area contributed by atoms with Gasteiger partial charge in [0, 0.05) is 11.6 Å². The van der Waals surface area contributed by atoms with Gasteiger partial charge in [-0.2, -0.15) is 0 Å². The molecule has 0 bridgehead atoms. The lowest BCUT2D eigenvalue weighted by Crippen LogP contribution is -2.13. The number of ether oxygens (including phenoxy) is 1. The van der Waals surface area contributed by atoms with Gasteiger partial charge in [0.1, 0.15) is 5.75 Å². The second-order valence-corrected chi connectivity index (χ2v) is 6.14. The Labute approximate surface area is 153 Å². The first-order valence-electron chi connectivity index (χ1n) is 6.89. The fourth-order valence-electron chi connectivity index (χ4n) is 2.28. The maximum atomic E-state index is 12.6. The Balaban J connectivity index is 2.03. The van der Waals surface area contributed by atoms with Crippen molar-refractivity contribution < 1.29 is 9.53 Å². The van der Waals surface area contributed by atoms with Gasteiger partial charge < -0.3 is 10.1 Å². The molecule has 0 radical (unpaired) electrons. The number of rotatable bonds is 3. The fraction of sp³-hybridized carbons (Fsp3) is 0.0588. The zero-order valence-corrected chi connectivity index (χ0v) is 14.7. The Kier molecular flexibility index (Phi) is 4.81. The van der Waals surface area contributed by atoms with Crippen LogP contribution in [0.15, 0.2) is 42.6 Å². The molecule has 1 heterocycles. The number of benzene rings is 2. The van der Waals surface area contributed by atoms with Gasteiger partial charge >= 0.3 is 0 Å². The van der Waals surface area contributed by atoms with Crippen molar-refractivity contribution in [2.24, 2.45) is 0 Å². The summed E-state index contributed by atoms with van der Waals surface area (Å²) in [6, 6.07) is 9.93. The number of amides is 1. The molecule has 1 aromatic heterocycles. The van der Waals surface area contributed by atoms with E-state index in [-0.39, 0.29) is 5.02 Å². The second-order valence-electron chi connectivity index (χ2n) is 4.91. The van der Waals surface area contributed by atoms with E-state index in [2.05, 4.69) is 10.3 Å². The van der Waals surface area contributed by atoms with Gasteiger partial charge in [0.2, 0.25) is 0 Å². The Morgan fingerprint density at radius 1 is 1.08 bits per heavy atom. The number of pyridine rings is 1. The Hall–Kier alpha value is -2.01. The molecule has 1 N–H and O–H groups in total. The van der Waals surface area contributed by atoms with E-state index in [4.69, 9.17) is 39.5 Å². The van der Waals surface area contributed by atoms with E-state index < -0.39 is 5.91 Å². The number of nitrogens with one attached hydrogen (secondary N) is 1. The van der Waals surface area contributed by atoms with E-state index >= 15 is 0 Å². The molecular formula is C17H11Cl3N2O2. The summed E-state index contributed by atoms with van der Waals surface area (Å²) in [5.74, 6) is 0.159. The number of fused-ring (bicyclic) bond motifs is 1. The van der Waals surface area contributed by atoms with Crippen LogP contribution < -0.4 is 10.1 Å². The van der Waals surface area contributed by atoms with Gasteiger partial charge in [-0.05, 0) is 36.4 Å². The molecule has 24 heavy (non-hydrogen) atoms. The molecular weight excluding hydrogens is 371 g/mol. The van der Waals surface area contributed by atoms with Crippen molar-refractivity contribution in [1.29, 1.82) is 0 Å². The zero-order valence-electron chi connectivity index (χ0n) is 12.4. The van der Waals surface area contributed by atoms with Crippen LogP contribution in [0.3, 0.4) is 0 Å². The van der Waals surface area contributed by atoms with Gasteiger partial charge in [0.15, 0.2) is 0 Å². The summed E-state index contributed by atoms with van der Waals surface area (Å²) in [5, 5.41) is 4.48. The lowest BCUT2D eigenvalue weighted by Gasteiger charge is -2.12. The highest BCUT2D eigenvalue weighted by molar-refractivity contribution is 6.41. The van der Waals surface area contributed by atoms with Gasteiger partial charge in [-0.3, -0.25) is 9.78 Å². The normalized spacial score (nSPS) is 10.7. The molecule has 2 aromatic carbocycles. The van der Waals surface area contributed by atoms with Crippen molar-refractivity contribution >= 4 is 57.3 Å². The number of methoxy groups -OCH3 is 1. The van der Waals surface area contributed by atoms with Crippen molar-refractivity contribution in [1.82, 2.24) is 4.98 Å². The highest BCUT2D eigenvalue weighted by atomic mass is 35.5. The average Bonchev–Trinajstić information content (AvgIpc) is 2.58. The highest BCUT2D eigenvalue weighted by Crippen LogP contribution is 2.35. The molecule has 0 saturated heterocycles. The highest BCUT2D eigenvalue weighted by Gasteiger charge is 2.17. The Bertz CT molecular complexity index is 945. The Morgan fingerprint density at radius 2 is 1.88 bits per heavy atom. The number of hydrogen-bond donors (Lipinski definition) is 1. The number of halogens is 3. The molecule has 3 rings (SSSR count). The van der Waals surface area contributed by atoms with E-state index in [9.17, 15) is 4.79 Å². The minimum absolute atomic E-state index is 0.272. The van der Waals surface area contributed by atoms with Crippen LogP contribution in [0.5, 0.6) is 5.75 Å². The minimum Gasteiger partial charge on any atom is -0.497 e. The molecule has 0 spiro atoms. The van der Waals surface area contributed by atoms with Crippen LogP contribution in [0.1, 0.15) is 10.4 Å². The third-order valence-corrected chi connectivity index (χ3v) is 4.38. The van der Waals surface area contributed by atoms with Crippen molar-refractivity contribution in [2.45, 2.75) is 0 Å². The summed E-state index contributed by atoms with van der Waals surface area (Å²) in [6.07, 6.45) is 1.60. The number of carbonyl (C=O) groups is 1. The molecule has 0 saturated carbocycles. The monoisotopic (exact) mass is 380 g/mol.